The number of hydrogen-bond donors (Lipinski definition) is 1. The largest absolute Gasteiger partial charge is 0.335 e. The smallest absolute Gasteiger partial charge is 0.258 e. The van der Waals surface area contributed by atoms with E-state index in [1.165, 1.54) is 11.1 Å². The van der Waals surface area contributed by atoms with Gasteiger partial charge in [-0.3, -0.25) is 9.20 Å². The second-order valence-electron chi connectivity index (χ2n) is 8.13. The molecule has 0 bridgehead atoms. The zero-order valence-corrected chi connectivity index (χ0v) is 17.6. The number of pyridine rings is 1. The van der Waals surface area contributed by atoms with Gasteiger partial charge in [-0.25, -0.2) is 4.98 Å². The van der Waals surface area contributed by atoms with Gasteiger partial charge < -0.3 is 5.32 Å². The predicted octanol–water partition coefficient (Wildman–Crippen LogP) is 3.98. The molecule has 3 aromatic rings. The highest BCUT2D eigenvalue weighted by Gasteiger charge is 2.20. The highest BCUT2D eigenvalue weighted by Crippen LogP contribution is 2.23. The molecule has 2 atom stereocenters. The number of nitrogens with zero attached hydrogens (tertiary/aromatic N) is 2. The van der Waals surface area contributed by atoms with Gasteiger partial charge in [0.25, 0.3) is 5.56 Å². The quantitative estimate of drug-likeness (QED) is 0.676. The van der Waals surface area contributed by atoms with Gasteiger partial charge >= 0.3 is 0 Å². The fourth-order valence-electron chi connectivity index (χ4n) is 3.79. The summed E-state index contributed by atoms with van der Waals surface area (Å²) >= 11 is 0. The third kappa shape index (κ3) is 4.33. The summed E-state index contributed by atoms with van der Waals surface area (Å²) in [5, 5.41) is 2.30. The number of aromatic nitrogens is 2. The summed E-state index contributed by atoms with van der Waals surface area (Å²) in [5.74, 6) is 1.08. The van der Waals surface area contributed by atoms with Crippen molar-refractivity contribution < 1.29 is 5.32 Å². The fourth-order valence-corrected chi connectivity index (χ4v) is 3.79. The van der Waals surface area contributed by atoms with Crippen LogP contribution in [0.4, 0.5) is 0 Å². The Morgan fingerprint density at radius 1 is 1.04 bits per heavy atom. The van der Waals surface area contributed by atoms with Crippen LogP contribution < -0.4 is 10.9 Å². The molecule has 0 spiro atoms. The minimum atomic E-state index is -0.00879. The molecule has 0 unspecified atom stereocenters. The summed E-state index contributed by atoms with van der Waals surface area (Å²) in [6.07, 6.45) is 1.15. The molecule has 3 rings (SSSR count). The molecule has 0 amide bonds. The molecule has 2 heterocycles. The van der Waals surface area contributed by atoms with Crippen molar-refractivity contribution in [2.45, 2.75) is 59.5 Å². The molecule has 0 saturated heterocycles. The third-order valence-electron chi connectivity index (χ3n) is 5.74. The van der Waals surface area contributed by atoms with Crippen LogP contribution in [0.3, 0.4) is 0 Å². The Morgan fingerprint density at radius 2 is 1.71 bits per heavy atom. The van der Waals surface area contributed by atoms with Crippen LogP contribution in [0.1, 0.15) is 68.6 Å². The zero-order chi connectivity index (χ0) is 20.3. The Labute approximate surface area is 167 Å². The number of quaternary nitrogens is 1. The minimum absolute atomic E-state index is 0.00879. The topological polar surface area (TPSA) is 51.0 Å². The molecular formula is C24H32N3O+. The van der Waals surface area contributed by atoms with Crippen molar-refractivity contribution >= 4 is 5.65 Å². The zero-order valence-electron chi connectivity index (χ0n) is 17.6. The van der Waals surface area contributed by atoms with E-state index in [9.17, 15) is 4.79 Å². The first-order valence-electron chi connectivity index (χ1n) is 10.3. The van der Waals surface area contributed by atoms with E-state index in [1.54, 1.807) is 10.5 Å². The van der Waals surface area contributed by atoms with Crippen LogP contribution in [0.15, 0.2) is 53.3 Å². The van der Waals surface area contributed by atoms with Crippen LogP contribution in [0.2, 0.25) is 0 Å². The average Bonchev–Trinajstić information content (AvgIpc) is 2.67. The molecule has 4 heteroatoms. The van der Waals surface area contributed by atoms with Crippen molar-refractivity contribution in [3.8, 4) is 0 Å². The first kappa shape index (κ1) is 20.3. The number of hydrogen-bond acceptors (Lipinski definition) is 2. The van der Waals surface area contributed by atoms with Gasteiger partial charge in [-0.2, -0.15) is 0 Å². The minimum Gasteiger partial charge on any atom is -0.335 e. The van der Waals surface area contributed by atoms with E-state index in [-0.39, 0.29) is 5.56 Å². The fraction of sp³-hybridized carbons (Fsp3) is 0.417. The van der Waals surface area contributed by atoms with Gasteiger partial charge in [0, 0.05) is 23.2 Å². The van der Waals surface area contributed by atoms with Crippen molar-refractivity contribution in [3.05, 3.63) is 81.4 Å². The summed E-state index contributed by atoms with van der Waals surface area (Å²) in [5.41, 5.74) is 5.17. The molecule has 0 aliphatic rings. The van der Waals surface area contributed by atoms with Gasteiger partial charge in [0.15, 0.2) is 0 Å². The van der Waals surface area contributed by atoms with Crippen LogP contribution in [0, 0.1) is 12.8 Å². The Morgan fingerprint density at radius 3 is 2.36 bits per heavy atom. The summed E-state index contributed by atoms with van der Waals surface area (Å²) in [4.78, 5) is 17.2. The molecule has 2 aromatic heterocycles. The molecule has 2 N–H and O–H groups in total. The number of benzene rings is 1. The molecule has 148 valence electrons. The van der Waals surface area contributed by atoms with Crippen molar-refractivity contribution in [3.63, 3.8) is 0 Å². The first-order chi connectivity index (χ1) is 13.4. The second-order valence-corrected chi connectivity index (χ2v) is 8.13. The Kier molecular flexibility index (Phi) is 6.30. The monoisotopic (exact) mass is 378 g/mol. The molecule has 0 aliphatic carbocycles. The Balaban J connectivity index is 1.80. The lowest BCUT2D eigenvalue weighted by Crippen LogP contribution is -2.84. The predicted molar refractivity (Wildman–Crippen MR) is 115 cm³/mol. The van der Waals surface area contributed by atoms with E-state index in [2.05, 4.69) is 57.3 Å². The van der Waals surface area contributed by atoms with Crippen molar-refractivity contribution in [2.24, 2.45) is 5.92 Å². The first-order valence-corrected chi connectivity index (χ1v) is 10.3. The summed E-state index contributed by atoms with van der Waals surface area (Å²) in [7, 11) is 0. The highest BCUT2D eigenvalue weighted by atomic mass is 16.1. The van der Waals surface area contributed by atoms with Crippen molar-refractivity contribution in [1.82, 2.24) is 9.38 Å². The number of rotatable bonds is 7. The normalized spacial score (nSPS) is 13.8. The lowest BCUT2D eigenvalue weighted by atomic mass is 9.92. The van der Waals surface area contributed by atoms with Crippen LogP contribution in [0.25, 0.3) is 5.65 Å². The maximum absolute atomic E-state index is 12.5. The van der Waals surface area contributed by atoms with E-state index in [0.717, 1.165) is 23.5 Å². The lowest BCUT2D eigenvalue weighted by Gasteiger charge is -2.20. The number of aryl methyl sites for hydroxylation is 1. The molecule has 28 heavy (non-hydrogen) atoms. The van der Waals surface area contributed by atoms with E-state index < -0.39 is 0 Å². The number of nitrogens with two attached hydrogens (primary N) is 1. The van der Waals surface area contributed by atoms with Crippen LogP contribution in [-0.2, 0) is 6.54 Å². The molecular weight excluding hydrogens is 346 g/mol. The van der Waals surface area contributed by atoms with Gasteiger partial charge in [-0.15, -0.1) is 0 Å². The van der Waals surface area contributed by atoms with Crippen molar-refractivity contribution in [1.29, 1.82) is 0 Å². The van der Waals surface area contributed by atoms with Crippen LogP contribution in [0.5, 0.6) is 0 Å². The standard InChI is InChI=1S/C24H31N3O/c1-6-17(4)19-10-12-20(13-11-19)24(16(2)3)25-15-21-14-23(28)27-18(5)8-7-9-22(27)26-21/h7-14,16-17,24-25H,6,15H2,1-5H3/p+1/t17-,24+/m1/s1. The van der Waals surface area contributed by atoms with E-state index in [4.69, 9.17) is 4.98 Å². The average molecular weight is 379 g/mol. The van der Waals surface area contributed by atoms with Gasteiger partial charge in [-0.05, 0) is 37.0 Å². The SMILES string of the molecule is CC[C@@H](C)c1ccc([C@@H]([NH2+]Cc2cc(=O)n3c(C)cccc3n2)C(C)C)cc1. The number of fused-ring (bicyclic) bond motifs is 1. The molecule has 0 fully saturated rings. The maximum Gasteiger partial charge on any atom is 0.258 e. The maximum atomic E-state index is 12.5. The van der Waals surface area contributed by atoms with Crippen LogP contribution in [-0.4, -0.2) is 9.38 Å². The van der Waals surface area contributed by atoms with Gasteiger partial charge in [0.2, 0.25) is 0 Å². The summed E-state index contributed by atoms with van der Waals surface area (Å²) in [6.45, 7) is 11.6. The molecule has 4 nitrogen and oxygen atoms in total. The van der Waals surface area contributed by atoms with Gasteiger partial charge in [0.05, 0.1) is 0 Å². The summed E-state index contributed by atoms with van der Waals surface area (Å²) < 4.78 is 1.66. The third-order valence-corrected chi connectivity index (χ3v) is 5.74. The summed E-state index contributed by atoms with van der Waals surface area (Å²) in [6, 6.07) is 16.8. The molecule has 0 aliphatic heterocycles. The Hall–Kier alpha value is -2.46. The molecule has 0 saturated carbocycles. The van der Waals surface area contributed by atoms with Crippen LogP contribution >= 0.6 is 0 Å². The molecule has 1 aromatic carbocycles. The lowest BCUT2D eigenvalue weighted by molar-refractivity contribution is -0.717. The van der Waals surface area contributed by atoms with E-state index >= 15 is 0 Å². The highest BCUT2D eigenvalue weighted by molar-refractivity contribution is 5.40. The van der Waals surface area contributed by atoms with Gasteiger partial charge in [0.1, 0.15) is 23.9 Å². The van der Waals surface area contributed by atoms with E-state index in [0.29, 0.717) is 24.4 Å². The van der Waals surface area contributed by atoms with Gasteiger partial charge in [-0.1, -0.05) is 58.0 Å². The second kappa shape index (κ2) is 8.70. The van der Waals surface area contributed by atoms with Crippen molar-refractivity contribution in [2.75, 3.05) is 0 Å². The van der Waals surface area contributed by atoms with E-state index in [1.807, 2.05) is 25.1 Å². The Bertz CT molecular complexity index is 989. The molecule has 0 radical (unpaired) electrons.